The van der Waals surface area contributed by atoms with E-state index in [2.05, 4.69) is 25.6 Å². The predicted molar refractivity (Wildman–Crippen MR) is 121 cm³/mol. The molecule has 9 heteroatoms. The molecule has 1 saturated carbocycles. The van der Waals surface area contributed by atoms with Gasteiger partial charge in [-0.2, -0.15) is 5.10 Å². The number of benzene rings is 1. The summed E-state index contributed by atoms with van der Waals surface area (Å²) in [5, 5.41) is 15.8. The molecular weight excluding hydrogens is 478 g/mol. The summed E-state index contributed by atoms with van der Waals surface area (Å²) in [5.74, 6) is -0.888. The molecule has 0 saturated heterocycles. The minimum absolute atomic E-state index is 0.0252. The fourth-order valence-corrected chi connectivity index (χ4v) is 4.44. The van der Waals surface area contributed by atoms with Crippen LogP contribution in [0, 0.1) is 5.92 Å². The molecule has 0 amide bonds. The summed E-state index contributed by atoms with van der Waals surface area (Å²) in [7, 11) is 2.71. The molecule has 1 fully saturated rings. The Kier molecular flexibility index (Phi) is 4.93. The number of esters is 1. The number of methoxy groups -OCH3 is 2. The monoisotopic (exact) mass is 497 g/mol. The summed E-state index contributed by atoms with van der Waals surface area (Å²) < 4.78 is 14.7. The van der Waals surface area contributed by atoms with Crippen LogP contribution in [-0.2, 0) is 11.3 Å². The standard InChI is InChI=1S/C23H20BrN3O5/c1-31-18-8-14(23(30)32-2)11-27-21(18)19(22(28)29)20(25-27)17-7-13-5-6-15(24)9-16(13)26(17)10-12-3-4-12/h5-9,11-12H,3-4,10H2,1-2H3,(H,28,29). The van der Waals surface area contributed by atoms with Gasteiger partial charge in [0, 0.05) is 28.1 Å². The number of carbonyl (C=O) groups is 2. The number of carboxylic acids is 1. The van der Waals surface area contributed by atoms with Crippen LogP contribution in [-0.4, -0.2) is 45.4 Å². The average Bonchev–Trinajstić information content (AvgIpc) is 3.41. The van der Waals surface area contributed by atoms with Gasteiger partial charge in [-0.25, -0.2) is 14.1 Å². The number of nitrogens with zero attached hydrogens (tertiary/aromatic N) is 3. The number of aromatic nitrogens is 3. The van der Waals surface area contributed by atoms with Crippen LogP contribution >= 0.6 is 15.9 Å². The Balaban J connectivity index is 1.82. The zero-order valence-corrected chi connectivity index (χ0v) is 19.0. The van der Waals surface area contributed by atoms with E-state index in [0.29, 0.717) is 17.3 Å². The molecule has 1 aliphatic rings. The first-order valence-electron chi connectivity index (χ1n) is 10.1. The van der Waals surface area contributed by atoms with E-state index in [1.807, 2.05) is 24.3 Å². The highest BCUT2D eigenvalue weighted by atomic mass is 79.9. The Hall–Kier alpha value is -3.33. The van der Waals surface area contributed by atoms with Crippen LogP contribution in [0.25, 0.3) is 27.8 Å². The third kappa shape index (κ3) is 3.33. The SMILES string of the molecule is COC(=O)c1cc(OC)c2c(C(=O)O)c(-c3cc4ccc(Br)cc4n3CC3CC3)nn2c1. The fourth-order valence-electron chi connectivity index (χ4n) is 4.09. The Morgan fingerprint density at radius 1 is 1.22 bits per heavy atom. The van der Waals surface area contributed by atoms with Crippen molar-refractivity contribution < 1.29 is 24.2 Å². The number of ether oxygens (including phenoxy) is 2. The molecule has 1 aliphatic carbocycles. The molecule has 4 aromatic rings. The lowest BCUT2D eigenvalue weighted by atomic mass is 10.1. The zero-order valence-electron chi connectivity index (χ0n) is 17.5. The van der Waals surface area contributed by atoms with Gasteiger partial charge in [0.05, 0.1) is 25.5 Å². The van der Waals surface area contributed by atoms with E-state index in [9.17, 15) is 14.7 Å². The van der Waals surface area contributed by atoms with E-state index in [1.165, 1.54) is 31.0 Å². The lowest BCUT2D eigenvalue weighted by Gasteiger charge is -2.09. The number of carboxylic acid groups (broad SMARTS) is 1. The number of halogens is 1. The maximum Gasteiger partial charge on any atom is 0.340 e. The van der Waals surface area contributed by atoms with E-state index >= 15 is 0 Å². The molecule has 0 spiro atoms. The summed E-state index contributed by atoms with van der Waals surface area (Å²) >= 11 is 3.54. The van der Waals surface area contributed by atoms with Crippen molar-refractivity contribution in [1.82, 2.24) is 14.2 Å². The summed E-state index contributed by atoms with van der Waals surface area (Å²) in [6.45, 7) is 0.784. The molecular formula is C23H20BrN3O5. The molecule has 5 rings (SSSR count). The molecule has 164 valence electrons. The number of carbonyl (C=O) groups excluding carboxylic acids is 1. The highest BCUT2D eigenvalue weighted by Crippen LogP contribution is 2.39. The Morgan fingerprint density at radius 2 is 2.00 bits per heavy atom. The Morgan fingerprint density at radius 3 is 2.66 bits per heavy atom. The van der Waals surface area contributed by atoms with Crippen LogP contribution in [0.15, 0.2) is 41.0 Å². The van der Waals surface area contributed by atoms with Gasteiger partial charge in [0.1, 0.15) is 22.5 Å². The van der Waals surface area contributed by atoms with Crippen molar-refractivity contribution in [3.05, 3.63) is 52.1 Å². The molecule has 0 aliphatic heterocycles. The predicted octanol–water partition coefficient (Wildman–Crippen LogP) is 4.62. The first kappa shape index (κ1) is 20.6. The summed E-state index contributed by atoms with van der Waals surface area (Å²) in [5.41, 5.74) is 2.57. The number of rotatable bonds is 6. The van der Waals surface area contributed by atoms with Crippen LogP contribution < -0.4 is 4.74 Å². The number of fused-ring (bicyclic) bond motifs is 2. The van der Waals surface area contributed by atoms with Crippen LogP contribution in [0.2, 0.25) is 0 Å². The lowest BCUT2D eigenvalue weighted by molar-refractivity contribution is 0.0599. The van der Waals surface area contributed by atoms with Crippen molar-refractivity contribution in [3.8, 4) is 17.1 Å². The zero-order chi connectivity index (χ0) is 22.6. The van der Waals surface area contributed by atoms with Gasteiger partial charge >= 0.3 is 11.9 Å². The van der Waals surface area contributed by atoms with Gasteiger partial charge in [0.2, 0.25) is 0 Å². The summed E-state index contributed by atoms with van der Waals surface area (Å²) in [4.78, 5) is 24.5. The van der Waals surface area contributed by atoms with Gasteiger partial charge in [0.25, 0.3) is 0 Å². The number of hydrogen-bond donors (Lipinski definition) is 1. The number of pyridine rings is 1. The topological polar surface area (TPSA) is 95.1 Å². The highest BCUT2D eigenvalue weighted by molar-refractivity contribution is 9.10. The van der Waals surface area contributed by atoms with E-state index < -0.39 is 11.9 Å². The Bertz CT molecular complexity index is 1400. The summed E-state index contributed by atoms with van der Waals surface area (Å²) in [6.07, 6.45) is 3.77. The normalized spacial score (nSPS) is 13.6. The first-order valence-corrected chi connectivity index (χ1v) is 10.9. The molecule has 3 heterocycles. The minimum atomic E-state index is -1.12. The molecule has 32 heavy (non-hydrogen) atoms. The van der Waals surface area contributed by atoms with Gasteiger partial charge in [-0.1, -0.05) is 22.0 Å². The smallest absolute Gasteiger partial charge is 0.340 e. The van der Waals surface area contributed by atoms with Crippen molar-refractivity contribution in [1.29, 1.82) is 0 Å². The molecule has 3 aromatic heterocycles. The van der Waals surface area contributed by atoms with E-state index in [4.69, 9.17) is 9.47 Å². The largest absolute Gasteiger partial charge is 0.494 e. The highest BCUT2D eigenvalue weighted by Gasteiger charge is 2.29. The lowest BCUT2D eigenvalue weighted by Crippen LogP contribution is -2.06. The Labute approximate surface area is 191 Å². The molecule has 8 nitrogen and oxygen atoms in total. The van der Waals surface area contributed by atoms with Gasteiger partial charge in [-0.15, -0.1) is 0 Å². The number of hydrogen-bond acceptors (Lipinski definition) is 5. The molecule has 0 atom stereocenters. The van der Waals surface area contributed by atoms with Gasteiger partial charge in [-0.3, -0.25) is 0 Å². The minimum Gasteiger partial charge on any atom is -0.494 e. The van der Waals surface area contributed by atoms with Gasteiger partial charge < -0.3 is 19.1 Å². The molecule has 1 N–H and O–H groups in total. The third-order valence-electron chi connectivity index (χ3n) is 5.79. The van der Waals surface area contributed by atoms with Crippen LogP contribution in [0.5, 0.6) is 5.75 Å². The van der Waals surface area contributed by atoms with Crippen LogP contribution in [0.4, 0.5) is 0 Å². The fraction of sp³-hybridized carbons (Fsp3) is 0.261. The van der Waals surface area contributed by atoms with E-state index in [0.717, 1.165) is 34.8 Å². The average molecular weight is 498 g/mol. The van der Waals surface area contributed by atoms with E-state index in [-0.39, 0.29) is 22.4 Å². The van der Waals surface area contributed by atoms with Crippen molar-refractivity contribution in [3.63, 3.8) is 0 Å². The van der Waals surface area contributed by atoms with Crippen molar-refractivity contribution in [2.45, 2.75) is 19.4 Å². The number of aromatic carboxylic acids is 1. The molecule has 0 radical (unpaired) electrons. The van der Waals surface area contributed by atoms with Crippen LogP contribution in [0.1, 0.15) is 33.6 Å². The second-order valence-electron chi connectivity index (χ2n) is 7.90. The summed E-state index contributed by atoms with van der Waals surface area (Å²) in [6, 6.07) is 9.43. The second-order valence-corrected chi connectivity index (χ2v) is 8.81. The molecule has 1 aromatic carbocycles. The molecule has 0 bridgehead atoms. The second kappa shape index (κ2) is 7.67. The van der Waals surface area contributed by atoms with Gasteiger partial charge in [0.15, 0.2) is 0 Å². The van der Waals surface area contributed by atoms with Crippen molar-refractivity contribution >= 4 is 44.3 Å². The van der Waals surface area contributed by atoms with Gasteiger partial charge in [-0.05, 0) is 43.0 Å². The maximum atomic E-state index is 12.4. The van der Waals surface area contributed by atoms with Crippen molar-refractivity contribution in [2.24, 2.45) is 5.92 Å². The molecule has 0 unspecified atom stereocenters. The maximum absolute atomic E-state index is 12.4. The third-order valence-corrected chi connectivity index (χ3v) is 6.29. The van der Waals surface area contributed by atoms with Crippen molar-refractivity contribution in [2.75, 3.05) is 14.2 Å². The van der Waals surface area contributed by atoms with E-state index in [1.54, 1.807) is 0 Å². The first-order chi connectivity index (χ1) is 15.4. The quantitative estimate of drug-likeness (QED) is 0.390. The van der Waals surface area contributed by atoms with Crippen LogP contribution in [0.3, 0.4) is 0 Å².